The van der Waals surface area contributed by atoms with E-state index in [1.54, 1.807) is 7.05 Å². The summed E-state index contributed by atoms with van der Waals surface area (Å²) in [5.74, 6) is 0.629. The number of amides is 3. The number of fused-ring (bicyclic) bond motifs is 1. The lowest BCUT2D eigenvalue weighted by Crippen LogP contribution is -2.55. The van der Waals surface area contributed by atoms with E-state index in [9.17, 15) is 14.4 Å². The average Bonchev–Trinajstić information content (AvgIpc) is 3.34. The van der Waals surface area contributed by atoms with Gasteiger partial charge in [0.1, 0.15) is 5.75 Å². The third kappa shape index (κ3) is 4.92. The third-order valence-corrected chi connectivity index (χ3v) is 6.27. The van der Waals surface area contributed by atoms with Gasteiger partial charge in [-0.05, 0) is 25.0 Å². The van der Waals surface area contributed by atoms with Gasteiger partial charge in [-0.1, -0.05) is 12.1 Å². The number of hydrogen-bond donors (Lipinski definition) is 1. The number of ether oxygens (including phenoxy) is 1. The first-order valence-corrected chi connectivity index (χ1v) is 11.1. The smallest absolute Gasteiger partial charge is 0.262 e. The summed E-state index contributed by atoms with van der Waals surface area (Å²) in [7, 11) is 1.58. The summed E-state index contributed by atoms with van der Waals surface area (Å²) in [6.45, 7) is 5.32. The molecule has 3 amide bonds. The van der Waals surface area contributed by atoms with Crippen LogP contribution < -0.4 is 15.0 Å². The van der Waals surface area contributed by atoms with Crippen LogP contribution in [0.4, 0.5) is 5.69 Å². The van der Waals surface area contributed by atoms with Gasteiger partial charge in [0.25, 0.3) is 5.91 Å². The molecule has 0 unspecified atom stereocenters. The van der Waals surface area contributed by atoms with Crippen molar-refractivity contribution >= 4 is 23.4 Å². The van der Waals surface area contributed by atoms with Gasteiger partial charge < -0.3 is 24.8 Å². The summed E-state index contributed by atoms with van der Waals surface area (Å²) in [6.07, 6.45) is 1.54. The normalized spacial score (nSPS) is 21.5. The second-order valence-electron chi connectivity index (χ2n) is 8.31. The number of likely N-dealkylation sites (N-methyl/N-ethyl adjacent to an activating group) is 1. The lowest BCUT2D eigenvalue weighted by molar-refractivity contribution is -0.134. The summed E-state index contributed by atoms with van der Waals surface area (Å²) in [5, 5.41) is 2.62. The van der Waals surface area contributed by atoms with Gasteiger partial charge in [-0.3, -0.25) is 19.3 Å². The largest absolute Gasteiger partial charge is 0.477 e. The zero-order chi connectivity index (χ0) is 21.8. The number of piperazine rings is 1. The van der Waals surface area contributed by atoms with Crippen molar-refractivity contribution in [3.63, 3.8) is 0 Å². The Balaban J connectivity index is 1.32. The first-order valence-electron chi connectivity index (χ1n) is 11.1. The van der Waals surface area contributed by atoms with Crippen LogP contribution in [0.25, 0.3) is 0 Å². The summed E-state index contributed by atoms with van der Waals surface area (Å²) in [6, 6.07) is 7.48. The van der Waals surface area contributed by atoms with Crippen molar-refractivity contribution in [2.24, 2.45) is 0 Å². The molecule has 3 aliphatic heterocycles. The highest BCUT2D eigenvalue weighted by molar-refractivity contribution is 5.86. The Kier molecular flexibility index (Phi) is 6.60. The number of para-hydroxylation sites is 2. The van der Waals surface area contributed by atoms with E-state index in [2.05, 4.69) is 10.2 Å². The van der Waals surface area contributed by atoms with Crippen LogP contribution in [-0.4, -0.2) is 104 Å². The van der Waals surface area contributed by atoms with Gasteiger partial charge in [0.15, 0.2) is 6.10 Å². The van der Waals surface area contributed by atoms with E-state index < -0.39 is 6.10 Å². The number of carbonyl (C=O) groups excluding carboxylic acids is 3. The van der Waals surface area contributed by atoms with Crippen LogP contribution in [0.15, 0.2) is 24.3 Å². The molecule has 0 aliphatic carbocycles. The van der Waals surface area contributed by atoms with Crippen LogP contribution in [0.2, 0.25) is 0 Å². The van der Waals surface area contributed by atoms with Crippen LogP contribution in [0, 0.1) is 0 Å². The lowest BCUT2D eigenvalue weighted by Gasteiger charge is -2.38. The van der Waals surface area contributed by atoms with Gasteiger partial charge in [-0.15, -0.1) is 0 Å². The molecule has 4 rings (SSSR count). The topological polar surface area (TPSA) is 85.4 Å². The highest BCUT2D eigenvalue weighted by Gasteiger charge is 2.32. The minimum absolute atomic E-state index is 0.0258. The predicted octanol–water partition coefficient (Wildman–Crippen LogP) is -0.233. The van der Waals surface area contributed by atoms with Gasteiger partial charge >= 0.3 is 0 Å². The van der Waals surface area contributed by atoms with Crippen molar-refractivity contribution in [2.45, 2.75) is 18.9 Å². The van der Waals surface area contributed by atoms with E-state index >= 15 is 0 Å². The Hall–Kier alpha value is -2.81. The van der Waals surface area contributed by atoms with E-state index in [0.717, 1.165) is 31.6 Å². The molecule has 0 radical (unpaired) electrons. The molecule has 0 spiro atoms. The number of hydrogen-bond acceptors (Lipinski definition) is 6. The molecule has 1 aromatic carbocycles. The first-order chi connectivity index (χ1) is 15.0. The minimum atomic E-state index is -0.652. The molecule has 3 aliphatic rings. The van der Waals surface area contributed by atoms with E-state index in [4.69, 9.17) is 4.74 Å². The van der Waals surface area contributed by atoms with Gasteiger partial charge in [0.2, 0.25) is 11.8 Å². The number of benzene rings is 1. The van der Waals surface area contributed by atoms with Crippen molar-refractivity contribution in [3.05, 3.63) is 24.3 Å². The fourth-order valence-electron chi connectivity index (χ4n) is 4.43. The molecule has 0 aromatic heterocycles. The number of anilines is 1. The molecular formula is C22H31N5O4. The number of carbonyl (C=O) groups is 3. The lowest BCUT2D eigenvalue weighted by atomic mass is 10.1. The number of likely N-dealkylation sites (tertiary alicyclic amines) is 1. The quantitative estimate of drug-likeness (QED) is 0.696. The maximum atomic E-state index is 13.0. The Labute approximate surface area is 182 Å². The van der Waals surface area contributed by atoms with E-state index in [1.807, 2.05) is 39.0 Å². The molecule has 1 aromatic rings. The van der Waals surface area contributed by atoms with E-state index in [1.165, 1.54) is 0 Å². The Morgan fingerprint density at radius 2 is 1.58 bits per heavy atom. The molecule has 2 saturated heterocycles. The summed E-state index contributed by atoms with van der Waals surface area (Å²) in [4.78, 5) is 45.4. The second-order valence-corrected chi connectivity index (χ2v) is 8.31. The molecule has 0 bridgehead atoms. The maximum absolute atomic E-state index is 13.0. The molecule has 0 saturated carbocycles. The average molecular weight is 430 g/mol. The molecule has 31 heavy (non-hydrogen) atoms. The second kappa shape index (κ2) is 9.55. The van der Waals surface area contributed by atoms with Crippen LogP contribution in [0.1, 0.15) is 12.8 Å². The number of nitrogens with zero attached hydrogens (tertiary/aromatic N) is 4. The van der Waals surface area contributed by atoms with E-state index in [-0.39, 0.29) is 24.3 Å². The molecule has 168 valence electrons. The third-order valence-electron chi connectivity index (χ3n) is 6.27. The van der Waals surface area contributed by atoms with Crippen LogP contribution >= 0.6 is 0 Å². The number of rotatable bonds is 5. The number of nitrogens with one attached hydrogen (secondary N) is 1. The monoisotopic (exact) mass is 429 g/mol. The molecule has 2 fully saturated rings. The SMILES string of the molecule is CNC(=O)[C@H]1CN(CC(=O)N2CCN(CC(=O)N3CCCC3)CC2)c2ccccc2O1. The van der Waals surface area contributed by atoms with Crippen molar-refractivity contribution in [2.75, 3.05) is 70.9 Å². The van der Waals surface area contributed by atoms with Gasteiger partial charge in [-0.2, -0.15) is 0 Å². The molecule has 1 atom stereocenters. The van der Waals surface area contributed by atoms with Crippen LogP contribution in [-0.2, 0) is 14.4 Å². The predicted molar refractivity (Wildman–Crippen MR) is 116 cm³/mol. The maximum Gasteiger partial charge on any atom is 0.262 e. The molecular weight excluding hydrogens is 398 g/mol. The molecule has 3 heterocycles. The fraction of sp³-hybridized carbons (Fsp3) is 0.591. The summed E-state index contributed by atoms with van der Waals surface area (Å²) in [5.41, 5.74) is 0.825. The van der Waals surface area contributed by atoms with Crippen molar-refractivity contribution in [3.8, 4) is 5.75 Å². The molecule has 9 heteroatoms. The highest BCUT2D eigenvalue weighted by Crippen LogP contribution is 2.33. The van der Waals surface area contributed by atoms with Crippen molar-refractivity contribution < 1.29 is 19.1 Å². The fourth-order valence-corrected chi connectivity index (χ4v) is 4.43. The van der Waals surface area contributed by atoms with Gasteiger partial charge in [-0.25, -0.2) is 0 Å². The Morgan fingerprint density at radius 3 is 2.29 bits per heavy atom. The Bertz CT molecular complexity index is 818. The first kappa shape index (κ1) is 21.4. The summed E-state index contributed by atoms with van der Waals surface area (Å²) >= 11 is 0. The zero-order valence-electron chi connectivity index (χ0n) is 18.1. The van der Waals surface area contributed by atoms with Gasteiger partial charge in [0.05, 0.1) is 25.3 Å². The van der Waals surface area contributed by atoms with Crippen LogP contribution in [0.5, 0.6) is 5.75 Å². The summed E-state index contributed by atoms with van der Waals surface area (Å²) < 4.78 is 5.81. The molecule has 1 N–H and O–H groups in total. The molecule has 9 nitrogen and oxygen atoms in total. The highest BCUT2D eigenvalue weighted by atomic mass is 16.5. The van der Waals surface area contributed by atoms with Gasteiger partial charge in [0, 0.05) is 46.3 Å². The standard InChI is InChI=1S/C22H31N5O4/c1-23-22(30)19-14-27(17-6-2-3-7-18(17)31-19)16-21(29)26-12-10-24(11-13-26)15-20(28)25-8-4-5-9-25/h2-3,6-7,19H,4-5,8-16H2,1H3,(H,23,30)/t19-/m1/s1. The van der Waals surface area contributed by atoms with E-state index in [0.29, 0.717) is 45.0 Å². The Morgan fingerprint density at radius 1 is 0.935 bits per heavy atom. The van der Waals surface area contributed by atoms with Crippen LogP contribution in [0.3, 0.4) is 0 Å². The minimum Gasteiger partial charge on any atom is -0.477 e. The zero-order valence-corrected chi connectivity index (χ0v) is 18.1. The van der Waals surface area contributed by atoms with Crippen molar-refractivity contribution in [1.82, 2.24) is 20.0 Å². The van der Waals surface area contributed by atoms with Crippen molar-refractivity contribution in [1.29, 1.82) is 0 Å².